The third-order valence-corrected chi connectivity index (χ3v) is 3.59. The Morgan fingerprint density at radius 2 is 2.17 bits per heavy atom. The molecule has 12 heavy (non-hydrogen) atoms. The van der Waals surface area contributed by atoms with Crippen LogP contribution in [0, 0.1) is 0 Å². The van der Waals surface area contributed by atoms with Gasteiger partial charge >= 0.3 is 0 Å². The summed E-state index contributed by atoms with van der Waals surface area (Å²) in [6, 6.07) is 1.09. The maximum Gasteiger partial charge on any atom is 0.165 e. The van der Waals surface area contributed by atoms with Gasteiger partial charge in [0.05, 0.1) is 6.61 Å². The molecule has 0 fully saturated rings. The lowest BCUT2D eigenvalue weighted by atomic mass is 10.4. The van der Waals surface area contributed by atoms with E-state index in [4.69, 9.17) is 13.9 Å². The molecule has 0 aromatic carbocycles. The van der Waals surface area contributed by atoms with E-state index < -0.39 is 9.76 Å². The number of methoxy groups -OCH3 is 2. The Labute approximate surface area is 82.1 Å². The molecule has 1 atom stereocenters. The van der Waals surface area contributed by atoms with E-state index in [0.29, 0.717) is 6.61 Å². The number of rotatable bonds is 8. The molecule has 1 unspecified atom stereocenters. The van der Waals surface area contributed by atoms with Gasteiger partial charge in [0.1, 0.15) is 6.29 Å². The molecular weight excluding hydrogens is 192 g/mol. The summed E-state index contributed by atoms with van der Waals surface area (Å²) in [5.41, 5.74) is 0. The van der Waals surface area contributed by atoms with Gasteiger partial charge in [0.25, 0.3) is 0 Å². The smallest absolute Gasteiger partial charge is 0.165 e. The second-order valence-electron chi connectivity index (χ2n) is 2.39. The van der Waals surface area contributed by atoms with Crippen molar-refractivity contribution < 1.29 is 13.9 Å². The summed E-state index contributed by atoms with van der Waals surface area (Å²) < 4.78 is 15.5. The first-order valence-electron chi connectivity index (χ1n) is 4.09. The highest BCUT2D eigenvalue weighted by atomic mass is 32.1. The molecule has 0 spiro atoms. The van der Waals surface area contributed by atoms with Crippen molar-refractivity contribution in [3.05, 3.63) is 0 Å². The quantitative estimate of drug-likeness (QED) is 0.273. The molecule has 0 bridgehead atoms. The fraction of sp³-hybridized carbons (Fsp3) is 1.00. The van der Waals surface area contributed by atoms with Gasteiger partial charge in [0.2, 0.25) is 0 Å². The molecule has 0 radical (unpaired) electrons. The van der Waals surface area contributed by atoms with Gasteiger partial charge < -0.3 is 13.9 Å². The second kappa shape index (κ2) is 9.53. The maximum absolute atomic E-state index is 5.52. The molecule has 0 saturated carbocycles. The summed E-state index contributed by atoms with van der Waals surface area (Å²) in [4.78, 5) is 0. The molecule has 0 amide bonds. The van der Waals surface area contributed by atoms with E-state index in [1.165, 1.54) is 0 Å². The Morgan fingerprint density at radius 3 is 2.67 bits per heavy atom. The summed E-state index contributed by atoms with van der Waals surface area (Å²) in [6.45, 7) is 0.688. The standard InChI is InChI=1S/C7H18O3SSi/c1-8-4-3-7(9-2)10-12-6-5-11/h7,11H,3-6,12H2,1-2H3. The monoisotopic (exact) mass is 210 g/mol. The summed E-state index contributed by atoms with van der Waals surface area (Å²) in [5.74, 6) is 0.910. The van der Waals surface area contributed by atoms with E-state index in [1.54, 1.807) is 14.2 Å². The summed E-state index contributed by atoms with van der Waals surface area (Å²) >= 11 is 4.11. The minimum absolute atomic E-state index is 0.0727. The molecule has 74 valence electrons. The Kier molecular flexibility index (Phi) is 9.89. The fourth-order valence-corrected chi connectivity index (χ4v) is 2.01. The van der Waals surface area contributed by atoms with E-state index in [1.807, 2.05) is 0 Å². The van der Waals surface area contributed by atoms with E-state index >= 15 is 0 Å². The first kappa shape index (κ1) is 12.4. The molecule has 0 saturated heterocycles. The van der Waals surface area contributed by atoms with Crippen molar-refractivity contribution in [2.45, 2.75) is 18.8 Å². The highest BCUT2D eigenvalue weighted by Crippen LogP contribution is 1.99. The first-order chi connectivity index (χ1) is 5.85. The summed E-state index contributed by atoms with van der Waals surface area (Å²) in [7, 11) is 2.91. The second-order valence-corrected chi connectivity index (χ2v) is 4.29. The van der Waals surface area contributed by atoms with E-state index in [-0.39, 0.29) is 6.29 Å². The molecule has 0 aliphatic carbocycles. The topological polar surface area (TPSA) is 27.7 Å². The summed E-state index contributed by atoms with van der Waals surface area (Å²) in [6.07, 6.45) is 0.739. The zero-order valence-corrected chi connectivity index (χ0v) is 10.1. The Bertz CT molecular complexity index is 94.7. The molecule has 0 aromatic rings. The number of hydrogen-bond acceptors (Lipinski definition) is 4. The van der Waals surface area contributed by atoms with Crippen LogP contribution in [0.15, 0.2) is 0 Å². The van der Waals surface area contributed by atoms with E-state index in [9.17, 15) is 0 Å². The zero-order valence-electron chi connectivity index (χ0n) is 7.78. The van der Waals surface area contributed by atoms with E-state index in [0.717, 1.165) is 18.2 Å². The third-order valence-electron chi connectivity index (χ3n) is 1.43. The minimum atomic E-state index is -0.432. The zero-order chi connectivity index (χ0) is 9.23. The molecule has 0 heterocycles. The van der Waals surface area contributed by atoms with Crippen molar-refractivity contribution in [3.63, 3.8) is 0 Å². The maximum atomic E-state index is 5.52. The average molecular weight is 210 g/mol. The number of thiol groups is 1. The highest BCUT2D eigenvalue weighted by molar-refractivity contribution is 7.80. The first-order valence-corrected chi connectivity index (χ1v) is 6.30. The normalized spacial score (nSPS) is 14.2. The molecule has 0 aromatic heterocycles. The van der Waals surface area contributed by atoms with Crippen molar-refractivity contribution >= 4 is 22.4 Å². The van der Waals surface area contributed by atoms with Crippen LogP contribution in [0.25, 0.3) is 0 Å². The molecule has 0 rings (SSSR count). The van der Waals surface area contributed by atoms with Crippen molar-refractivity contribution in [2.24, 2.45) is 0 Å². The van der Waals surface area contributed by atoms with Crippen LogP contribution in [-0.2, 0) is 13.9 Å². The average Bonchev–Trinajstić information content (AvgIpc) is 2.11. The SMILES string of the molecule is COCCC(OC)O[SiH2]CCS. The highest BCUT2D eigenvalue weighted by Gasteiger charge is 2.05. The Morgan fingerprint density at radius 1 is 1.42 bits per heavy atom. The van der Waals surface area contributed by atoms with Crippen LogP contribution in [0.3, 0.4) is 0 Å². The van der Waals surface area contributed by atoms with Crippen molar-refractivity contribution in [3.8, 4) is 0 Å². The van der Waals surface area contributed by atoms with Gasteiger partial charge in [-0.1, -0.05) is 0 Å². The molecule has 5 heteroatoms. The number of ether oxygens (including phenoxy) is 2. The third kappa shape index (κ3) is 7.12. The lowest BCUT2D eigenvalue weighted by Gasteiger charge is -2.15. The lowest BCUT2D eigenvalue weighted by Crippen LogP contribution is -2.19. The van der Waals surface area contributed by atoms with Crippen LogP contribution in [0.2, 0.25) is 6.04 Å². The van der Waals surface area contributed by atoms with Gasteiger partial charge in [-0.3, -0.25) is 0 Å². The molecular formula is C7H18O3SSi. The van der Waals surface area contributed by atoms with Crippen LogP contribution in [0.1, 0.15) is 6.42 Å². The fourth-order valence-electron chi connectivity index (χ4n) is 0.763. The van der Waals surface area contributed by atoms with Gasteiger partial charge in [-0.2, -0.15) is 12.6 Å². The van der Waals surface area contributed by atoms with Gasteiger partial charge in [-0.25, -0.2) is 0 Å². The van der Waals surface area contributed by atoms with Crippen molar-refractivity contribution in [1.29, 1.82) is 0 Å². The number of hydrogen-bond donors (Lipinski definition) is 1. The van der Waals surface area contributed by atoms with E-state index in [2.05, 4.69) is 12.6 Å². The molecule has 0 aliphatic heterocycles. The van der Waals surface area contributed by atoms with Crippen LogP contribution in [-0.4, -0.2) is 42.6 Å². The van der Waals surface area contributed by atoms with Gasteiger partial charge in [0, 0.05) is 20.6 Å². The van der Waals surface area contributed by atoms with Crippen molar-refractivity contribution in [2.75, 3.05) is 26.6 Å². The van der Waals surface area contributed by atoms with Crippen molar-refractivity contribution in [1.82, 2.24) is 0 Å². The van der Waals surface area contributed by atoms with Gasteiger partial charge in [-0.15, -0.1) is 0 Å². The van der Waals surface area contributed by atoms with Crippen LogP contribution in [0.4, 0.5) is 0 Å². The minimum Gasteiger partial charge on any atom is -0.400 e. The van der Waals surface area contributed by atoms with Gasteiger partial charge in [0.15, 0.2) is 9.76 Å². The molecule has 3 nitrogen and oxygen atoms in total. The summed E-state index contributed by atoms with van der Waals surface area (Å²) in [5, 5.41) is 0. The Hall–Kier alpha value is 0.447. The predicted octanol–water partition coefficient (Wildman–Crippen LogP) is 0.444. The van der Waals surface area contributed by atoms with Gasteiger partial charge in [-0.05, 0) is 11.8 Å². The largest absolute Gasteiger partial charge is 0.400 e. The molecule has 0 aliphatic rings. The molecule has 0 N–H and O–H groups in total. The lowest BCUT2D eigenvalue weighted by molar-refractivity contribution is -0.0677. The van der Waals surface area contributed by atoms with Crippen LogP contribution < -0.4 is 0 Å². The van der Waals surface area contributed by atoms with Crippen LogP contribution in [0.5, 0.6) is 0 Å². The predicted molar refractivity (Wildman–Crippen MR) is 55.6 cm³/mol. The van der Waals surface area contributed by atoms with Crippen LogP contribution >= 0.6 is 12.6 Å². The Balaban J connectivity index is 3.26.